The molecule has 0 saturated carbocycles. The van der Waals surface area contributed by atoms with Gasteiger partial charge in [0, 0.05) is 5.56 Å². The first-order valence-corrected chi connectivity index (χ1v) is 15.4. The number of carbonyl (C=O) groups is 2. The molecule has 1 aliphatic carbocycles. The minimum absolute atomic E-state index is 0.0820. The second kappa shape index (κ2) is 10.3. The summed E-state index contributed by atoms with van der Waals surface area (Å²) in [6.07, 6.45) is 1.67. The summed E-state index contributed by atoms with van der Waals surface area (Å²) in [5.74, 6) is -1.86. The van der Waals surface area contributed by atoms with Crippen molar-refractivity contribution >= 4 is 55.5 Å². The fraction of sp³-hybridized carbons (Fsp3) is 0.320. The van der Waals surface area contributed by atoms with Crippen LogP contribution in [0.15, 0.2) is 57.3 Å². The summed E-state index contributed by atoms with van der Waals surface area (Å²) in [4.78, 5) is 26.8. The minimum Gasteiger partial charge on any atom is -0.506 e. The van der Waals surface area contributed by atoms with E-state index in [2.05, 4.69) is 19.8 Å². The standard InChI is InChI=1S/C25H31N5O7S2/c1-14(2)10-11-25(28-20(31)13-26)17-7-5-4-6-16(17)22(32)21(23(25)33)24-27-18-9-8-15(29-38(3,34)35)12-19(18)39(36,37)30-24/h4-9,12,14,29,32,36-37H,10-11,13,26H2,1-3H3,(H,27,30)(H,28,31). The van der Waals surface area contributed by atoms with E-state index in [0.29, 0.717) is 12.0 Å². The summed E-state index contributed by atoms with van der Waals surface area (Å²) in [6, 6.07) is 10.6. The Labute approximate surface area is 227 Å². The number of nitrogens with two attached hydrogens (primary N) is 1. The predicted molar refractivity (Wildman–Crippen MR) is 151 cm³/mol. The Morgan fingerprint density at radius 3 is 2.54 bits per heavy atom. The normalized spacial score (nSPS) is 20.9. The highest BCUT2D eigenvalue weighted by Gasteiger charge is 2.50. The van der Waals surface area contributed by atoms with Crippen LogP contribution in [0.4, 0.5) is 11.4 Å². The number of aliphatic hydroxyl groups is 1. The number of carbonyl (C=O) groups excluding carboxylic acids is 2. The molecule has 2 aromatic carbocycles. The Hall–Kier alpha value is -3.43. The number of fused-ring (bicyclic) bond motifs is 2. The van der Waals surface area contributed by atoms with Crippen molar-refractivity contribution in [2.75, 3.05) is 22.8 Å². The molecule has 1 heterocycles. The molecule has 2 aromatic rings. The Morgan fingerprint density at radius 1 is 1.21 bits per heavy atom. The highest BCUT2D eigenvalue weighted by Crippen LogP contribution is 2.57. The number of amides is 1. The van der Waals surface area contributed by atoms with Gasteiger partial charge in [-0.1, -0.05) is 48.9 Å². The van der Waals surface area contributed by atoms with E-state index in [0.717, 1.165) is 6.26 Å². The fourth-order valence-corrected chi connectivity index (χ4v) is 6.40. The molecule has 12 nitrogen and oxygen atoms in total. The molecular weight excluding hydrogens is 546 g/mol. The van der Waals surface area contributed by atoms with Gasteiger partial charge in [-0.2, -0.15) is 0 Å². The van der Waals surface area contributed by atoms with Crippen molar-refractivity contribution in [3.63, 3.8) is 0 Å². The van der Waals surface area contributed by atoms with Crippen LogP contribution < -0.4 is 21.1 Å². The van der Waals surface area contributed by atoms with Gasteiger partial charge in [0.25, 0.3) is 0 Å². The first kappa shape index (κ1) is 28.6. The third-order valence-corrected chi connectivity index (χ3v) is 8.39. The number of nitrogens with one attached hydrogen (secondary N) is 3. The highest BCUT2D eigenvalue weighted by molar-refractivity contribution is 8.23. The van der Waals surface area contributed by atoms with Crippen molar-refractivity contribution in [3.05, 3.63) is 59.2 Å². The lowest BCUT2D eigenvalue weighted by atomic mass is 9.71. The van der Waals surface area contributed by atoms with Gasteiger partial charge in [-0.25, -0.2) is 8.42 Å². The monoisotopic (exact) mass is 577 g/mol. The van der Waals surface area contributed by atoms with Crippen LogP contribution in [0.1, 0.15) is 37.8 Å². The first-order valence-electron chi connectivity index (χ1n) is 12.0. The molecule has 0 aromatic heterocycles. The van der Waals surface area contributed by atoms with Crippen molar-refractivity contribution in [2.45, 2.75) is 37.1 Å². The molecule has 39 heavy (non-hydrogen) atoms. The van der Waals surface area contributed by atoms with Crippen LogP contribution in [0, 0.1) is 5.92 Å². The second-order valence-electron chi connectivity index (χ2n) is 9.86. The Balaban J connectivity index is 1.88. The van der Waals surface area contributed by atoms with Gasteiger partial charge in [0.05, 0.1) is 24.2 Å². The molecular formula is C25H31N5O7S2. The van der Waals surface area contributed by atoms with Crippen LogP contribution >= 0.6 is 10.8 Å². The van der Waals surface area contributed by atoms with E-state index in [-0.39, 0.29) is 52.1 Å². The van der Waals surface area contributed by atoms with Crippen LogP contribution in [0.3, 0.4) is 0 Å². The summed E-state index contributed by atoms with van der Waals surface area (Å²) in [5.41, 5.74) is 4.53. The van der Waals surface area contributed by atoms with E-state index in [4.69, 9.17) is 5.73 Å². The number of rotatable bonds is 8. The van der Waals surface area contributed by atoms with Gasteiger partial charge in [0.1, 0.15) is 21.8 Å². The topological polar surface area (TPSA) is 203 Å². The van der Waals surface area contributed by atoms with Gasteiger partial charge < -0.3 is 21.5 Å². The Kier molecular flexibility index (Phi) is 7.53. The molecule has 1 amide bonds. The number of amidine groups is 1. The van der Waals surface area contributed by atoms with E-state index in [1.54, 1.807) is 24.3 Å². The van der Waals surface area contributed by atoms with Gasteiger partial charge in [0.15, 0.2) is 11.6 Å². The maximum absolute atomic E-state index is 14.3. The lowest BCUT2D eigenvalue weighted by molar-refractivity contribution is -0.130. The van der Waals surface area contributed by atoms with Crippen molar-refractivity contribution in [2.24, 2.45) is 16.0 Å². The third-order valence-electron chi connectivity index (χ3n) is 6.42. The molecule has 0 bridgehead atoms. The van der Waals surface area contributed by atoms with Crippen LogP contribution in [0.5, 0.6) is 0 Å². The molecule has 2 aliphatic rings. The Morgan fingerprint density at radius 2 is 1.90 bits per heavy atom. The third kappa shape index (κ3) is 5.51. The minimum atomic E-state index is -3.95. The molecule has 1 unspecified atom stereocenters. The van der Waals surface area contributed by atoms with Gasteiger partial charge in [-0.05, 0) is 42.5 Å². The zero-order valence-corrected chi connectivity index (χ0v) is 23.2. The molecule has 14 heteroatoms. The summed E-state index contributed by atoms with van der Waals surface area (Å²) >= 11 is 0. The summed E-state index contributed by atoms with van der Waals surface area (Å²) in [5, 5.41) is 17.0. The van der Waals surface area contributed by atoms with Crippen LogP contribution in [-0.2, 0) is 25.2 Å². The lowest BCUT2D eigenvalue weighted by Crippen LogP contribution is -2.57. The van der Waals surface area contributed by atoms with Crippen molar-refractivity contribution in [1.29, 1.82) is 0 Å². The molecule has 1 atom stereocenters. The molecule has 0 radical (unpaired) electrons. The predicted octanol–water partition coefficient (Wildman–Crippen LogP) is 3.17. The number of hydrogen-bond acceptors (Lipinski definition) is 10. The van der Waals surface area contributed by atoms with Gasteiger partial charge in [0.2, 0.25) is 15.9 Å². The average molecular weight is 578 g/mol. The van der Waals surface area contributed by atoms with Crippen molar-refractivity contribution in [3.8, 4) is 0 Å². The summed E-state index contributed by atoms with van der Waals surface area (Å²) in [7, 11) is -7.59. The Bertz CT molecular complexity index is 1520. The zero-order valence-electron chi connectivity index (χ0n) is 21.6. The maximum atomic E-state index is 14.3. The first-order chi connectivity index (χ1) is 18.2. The number of anilines is 2. The fourth-order valence-electron chi connectivity index (χ4n) is 4.65. The number of hydrogen-bond donors (Lipinski definition) is 7. The number of benzene rings is 2. The van der Waals surface area contributed by atoms with E-state index < -0.39 is 43.8 Å². The number of sulfonamides is 1. The molecule has 8 N–H and O–H groups in total. The number of nitrogens with zero attached hydrogens (tertiary/aromatic N) is 1. The number of ketones is 1. The molecule has 0 saturated heterocycles. The smallest absolute Gasteiger partial charge is 0.234 e. The quantitative estimate of drug-likeness (QED) is 0.246. The highest BCUT2D eigenvalue weighted by atomic mass is 32.3. The summed E-state index contributed by atoms with van der Waals surface area (Å²) < 4.78 is 51.4. The van der Waals surface area contributed by atoms with Gasteiger partial charge in [-0.15, -0.1) is 4.40 Å². The second-order valence-corrected chi connectivity index (χ2v) is 13.3. The van der Waals surface area contributed by atoms with E-state index in [9.17, 15) is 32.2 Å². The molecule has 0 spiro atoms. The maximum Gasteiger partial charge on any atom is 0.234 e. The number of aliphatic hydroxyl groups excluding tert-OH is 1. The van der Waals surface area contributed by atoms with E-state index in [1.807, 2.05) is 13.8 Å². The zero-order chi connectivity index (χ0) is 28.8. The number of Topliss-reactive ketones (excluding diaryl/α,β-unsaturated/α-hetero) is 1. The van der Waals surface area contributed by atoms with Crippen LogP contribution in [0.25, 0.3) is 5.76 Å². The van der Waals surface area contributed by atoms with E-state index >= 15 is 0 Å². The average Bonchev–Trinajstić information content (AvgIpc) is 2.85. The lowest BCUT2D eigenvalue weighted by Gasteiger charge is -2.41. The molecule has 1 aliphatic heterocycles. The summed E-state index contributed by atoms with van der Waals surface area (Å²) in [6.45, 7) is 3.57. The van der Waals surface area contributed by atoms with Crippen LogP contribution in [-0.4, -0.2) is 53.0 Å². The SMILES string of the molecule is CC(C)CCC1(NC(=O)CN)C(=O)C(C2=NS(O)(O)c3cc(NS(C)(=O)=O)ccc3N2)=C(O)c2ccccc21. The van der Waals surface area contributed by atoms with Crippen molar-refractivity contribution < 1.29 is 32.2 Å². The van der Waals surface area contributed by atoms with Crippen LogP contribution in [0.2, 0.25) is 0 Å². The van der Waals surface area contributed by atoms with Gasteiger partial charge >= 0.3 is 0 Å². The molecule has 210 valence electrons. The largest absolute Gasteiger partial charge is 0.506 e. The van der Waals surface area contributed by atoms with Gasteiger partial charge in [-0.3, -0.25) is 23.4 Å². The van der Waals surface area contributed by atoms with Crippen molar-refractivity contribution in [1.82, 2.24) is 5.32 Å². The molecule has 4 rings (SSSR count). The van der Waals surface area contributed by atoms with E-state index in [1.165, 1.54) is 18.2 Å². The molecule has 0 fully saturated rings.